The Balaban J connectivity index is 1.45. The maximum atomic E-state index is 14.0. The van der Waals surface area contributed by atoms with E-state index in [0.717, 1.165) is 22.2 Å². The molecule has 0 aliphatic heterocycles. The number of carbonyl (C=O) groups excluding carboxylic acids is 1. The molecule has 0 atom stereocenters. The maximum Gasteiger partial charge on any atom is 0.337 e. The van der Waals surface area contributed by atoms with Gasteiger partial charge in [-0.05, 0) is 30.3 Å². The predicted molar refractivity (Wildman–Crippen MR) is 133 cm³/mol. The molecule has 0 saturated carbocycles. The highest BCUT2D eigenvalue weighted by atomic mass is 35.5. The van der Waals surface area contributed by atoms with Crippen LogP contribution in [0.4, 0.5) is 14.5 Å². The van der Waals surface area contributed by atoms with Gasteiger partial charge in [-0.3, -0.25) is 4.79 Å². The molecule has 0 bridgehead atoms. The first kappa shape index (κ1) is 23.6. The van der Waals surface area contributed by atoms with E-state index in [1.54, 1.807) is 6.07 Å². The van der Waals surface area contributed by atoms with Crippen molar-refractivity contribution < 1.29 is 23.5 Å². The average molecular weight is 525 g/mol. The summed E-state index contributed by atoms with van der Waals surface area (Å²) in [5.41, 5.74) is 0.499. The zero-order valence-electron chi connectivity index (χ0n) is 18.2. The number of aromatic carboxylic acids is 1. The van der Waals surface area contributed by atoms with Gasteiger partial charge in [0, 0.05) is 21.2 Å². The number of rotatable bonds is 6. The summed E-state index contributed by atoms with van der Waals surface area (Å²) in [6.45, 7) is -0.188. The van der Waals surface area contributed by atoms with E-state index >= 15 is 0 Å². The van der Waals surface area contributed by atoms with E-state index in [9.17, 15) is 23.5 Å². The van der Waals surface area contributed by atoms with Crippen molar-refractivity contribution in [1.29, 1.82) is 0 Å². The van der Waals surface area contributed by atoms with E-state index in [4.69, 9.17) is 11.6 Å². The van der Waals surface area contributed by atoms with Crippen molar-refractivity contribution in [2.24, 2.45) is 0 Å². The lowest BCUT2D eigenvalue weighted by molar-refractivity contribution is 0.0698. The standard InChI is InChI=1S/C25H15ClF2N4O3S/c26-22-15-4-1-2-7-21(15)36-23(22)24(33)29-19-10-13(8-9-14(19)25(34)35)20-12-32(31-30-20)11-16-17(27)5-3-6-18(16)28/h1-10,12H,11H2,(H,29,33)(H,34,35). The number of carboxylic acids is 1. The number of benzene rings is 3. The Hall–Kier alpha value is -4.15. The molecule has 2 N–H and O–H groups in total. The van der Waals surface area contributed by atoms with Crippen molar-refractivity contribution in [3.05, 3.63) is 99.5 Å². The van der Waals surface area contributed by atoms with Crippen LogP contribution in [0.1, 0.15) is 25.6 Å². The van der Waals surface area contributed by atoms with Gasteiger partial charge in [-0.25, -0.2) is 18.3 Å². The molecule has 1 amide bonds. The van der Waals surface area contributed by atoms with E-state index in [0.29, 0.717) is 11.3 Å². The molecular formula is C25H15ClF2N4O3S. The fraction of sp³-hybridized carbons (Fsp3) is 0.0400. The van der Waals surface area contributed by atoms with Crippen molar-refractivity contribution >= 4 is 50.6 Å². The second kappa shape index (κ2) is 9.48. The number of nitrogens with one attached hydrogen (secondary N) is 1. The van der Waals surface area contributed by atoms with Crippen LogP contribution in [0, 0.1) is 11.6 Å². The molecule has 0 spiro atoms. The number of anilines is 1. The molecule has 36 heavy (non-hydrogen) atoms. The Bertz CT molecular complexity index is 1630. The van der Waals surface area contributed by atoms with Crippen LogP contribution in [0.5, 0.6) is 0 Å². The summed E-state index contributed by atoms with van der Waals surface area (Å²) >= 11 is 7.59. The Morgan fingerprint density at radius 2 is 1.81 bits per heavy atom. The SMILES string of the molecule is O=C(O)c1ccc(-c2cn(Cc3c(F)cccc3F)nn2)cc1NC(=O)c1sc2ccccc2c1Cl. The van der Waals surface area contributed by atoms with Gasteiger partial charge in [0.05, 0.1) is 29.0 Å². The summed E-state index contributed by atoms with van der Waals surface area (Å²) in [7, 11) is 0. The first-order valence-corrected chi connectivity index (χ1v) is 11.7. The molecule has 0 aliphatic carbocycles. The van der Waals surface area contributed by atoms with Crippen LogP contribution < -0.4 is 5.32 Å². The largest absolute Gasteiger partial charge is 0.478 e. The van der Waals surface area contributed by atoms with Crippen molar-refractivity contribution in [3.8, 4) is 11.3 Å². The summed E-state index contributed by atoms with van der Waals surface area (Å²) < 4.78 is 30.1. The van der Waals surface area contributed by atoms with Gasteiger partial charge in [0.15, 0.2) is 0 Å². The number of hydrogen-bond donors (Lipinski definition) is 2. The summed E-state index contributed by atoms with van der Waals surface area (Å²) in [5.74, 6) is -3.21. The van der Waals surface area contributed by atoms with Crippen molar-refractivity contribution in [1.82, 2.24) is 15.0 Å². The quantitative estimate of drug-likeness (QED) is 0.280. The summed E-state index contributed by atoms with van der Waals surface area (Å²) in [6, 6.07) is 15.1. The van der Waals surface area contributed by atoms with Crippen LogP contribution in [0.3, 0.4) is 0 Å². The van der Waals surface area contributed by atoms with Gasteiger partial charge < -0.3 is 10.4 Å². The highest BCUT2D eigenvalue weighted by Crippen LogP contribution is 2.36. The van der Waals surface area contributed by atoms with Crippen molar-refractivity contribution in [2.75, 3.05) is 5.32 Å². The minimum atomic E-state index is -1.24. The van der Waals surface area contributed by atoms with E-state index < -0.39 is 23.5 Å². The third-order valence-electron chi connectivity index (χ3n) is 5.46. The van der Waals surface area contributed by atoms with Gasteiger partial charge >= 0.3 is 5.97 Å². The van der Waals surface area contributed by atoms with Gasteiger partial charge in [0.25, 0.3) is 5.91 Å². The van der Waals surface area contributed by atoms with Crippen LogP contribution in [0.25, 0.3) is 21.3 Å². The molecular weight excluding hydrogens is 510 g/mol. The zero-order valence-corrected chi connectivity index (χ0v) is 19.8. The second-order valence-corrected chi connectivity index (χ2v) is 9.19. The van der Waals surface area contributed by atoms with Crippen LogP contribution in [-0.4, -0.2) is 32.0 Å². The van der Waals surface area contributed by atoms with E-state index in [-0.39, 0.29) is 33.3 Å². The monoisotopic (exact) mass is 524 g/mol. The number of hydrogen-bond acceptors (Lipinski definition) is 5. The second-order valence-electron chi connectivity index (χ2n) is 7.76. The fourth-order valence-corrected chi connectivity index (χ4v) is 5.10. The van der Waals surface area contributed by atoms with Gasteiger partial charge in [-0.1, -0.05) is 47.1 Å². The van der Waals surface area contributed by atoms with Gasteiger partial charge in [0.1, 0.15) is 22.2 Å². The average Bonchev–Trinajstić information content (AvgIpc) is 3.46. The Kier molecular flexibility index (Phi) is 6.21. The third-order valence-corrected chi connectivity index (χ3v) is 7.13. The first-order valence-electron chi connectivity index (χ1n) is 10.5. The summed E-state index contributed by atoms with van der Waals surface area (Å²) in [5, 5.41) is 21.2. The van der Waals surface area contributed by atoms with Gasteiger partial charge in [-0.2, -0.15) is 0 Å². The van der Waals surface area contributed by atoms with Gasteiger partial charge in [0.2, 0.25) is 0 Å². The molecule has 0 fully saturated rings. The van der Waals surface area contributed by atoms with Crippen molar-refractivity contribution in [2.45, 2.75) is 6.54 Å². The predicted octanol–water partition coefficient (Wildman–Crippen LogP) is 6.09. The fourth-order valence-electron chi connectivity index (χ4n) is 3.69. The lowest BCUT2D eigenvalue weighted by atomic mass is 10.1. The van der Waals surface area contributed by atoms with E-state index in [2.05, 4.69) is 15.6 Å². The molecule has 0 radical (unpaired) electrons. The molecule has 0 saturated heterocycles. The number of thiophene rings is 1. The smallest absolute Gasteiger partial charge is 0.337 e. The topological polar surface area (TPSA) is 97.1 Å². The number of carbonyl (C=O) groups is 2. The Morgan fingerprint density at radius 3 is 2.53 bits per heavy atom. The maximum absolute atomic E-state index is 14.0. The molecule has 11 heteroatoms. The number of carboxylic acid groups (broad SMARTS) is 1. The lowest BCUT2D eigenvalue weighted by Crippen LogP contribution is -2.14. The number of amides is 1. The number of nitrogens with zero attached hydrogens (tertiary/aromatic N) is 3. The minimum Gasteiger partial charge on any atom is -0.478 e. The van der Waals surface area contributed by atoms with E-state index in [1.807, 2.05) is 18.2 Å². The normalized spacial score (nSPS) is 11.1. The van der Waals surface area contributed by atoms with E-state index in [1.165, 1.54) is 46.5 Å². The van der Waals surface area contributed by atoms with Gasteiger partial charge in [-0.15, -0.1) is 16.4 Å². The highest BCUT2D eigenvalue weighted by molar-refractivity contribution is 7.21. The molecule has 180 valence electrons. The van der Waals surface area contributed by atoms with Crippen LogP contribution in [0.15, 0.2) is 66.9 Å². The van der Waals surface area contributed by atoms with Crippen molar-refractivity contribution in [3.63, 3.8) is 0 Å². The van der Waals surface area contributed by atoms with Crippen LogP contribution in [0.2, 0.25) is 5.02 Å². The molecule has 0 aliphatic rings. The number of aromatic nitrogens is 3. The molecule has 0 unspecified atom stereocenters. The molecule has 5 aromatic rings. The molecule has 7 nitrogen and oxygen atoms in total. The zero-order chi connectivity index (χ0) is 25.4. The minimum absolute atomic E-state index is 0.0354. The third kappa shape index (κ3) is 4.43. The molecule has 5 rings (SSSR count). The number of fused-ring (bicyclic) bond motifs is 1. The van der Waals surface area contributed by atoms with Crippen LogP contribution in [-0.2, 0) is 6.54 Å². The first-order chi connectivity index (χ1) is 17.3. The highest BCUT2D eigenvalue weighted by Gasteiger charge is 2.21. The lowest BCUT2D eigenvalue weighted by Gasteiger charge is -2.09. The number of halogens is 3. The van der Waals surface area contributed by atoms with Crippen LogP contribution >= 0.6 is 22.9 Å². The Labute approximate surface area is 211 Å². The molecule has 3 aromatic carbocycles. The Morgan fingerprint density at radius 1 is 1.06 bits per heavy atom. The summed E-state index contributed by atoms with van der Waals surface area (Å²) in [6.07, 6.45) is 1.47. The summed E-state index contributed by atoms with van der Waals surface area (Å²) in [4.78, 5) is 25.1. The molecule has 2 heterocycles. The molecule has 2 aromatic heterocycles.